The van der Waals surface area contributed by atoms with Crippen LogP contribution in [0, 0.1) is 5.92 Å². The minimum atomic E-state index is -1.03. The van der Waals surface area contributed by atoms with E-state index >= 15 is 0 Å². The first-order chi connectivity index (χ1) is 11.1. The fourth-order valence-corrected chi connectivity index (χ4v) is 2.63. The van der Waals surface area contributed by atoms with Crippen molar-refractivity contribution in [1.29, 1.82) is 0 Å². The van der Waals surface area contributed by atoms with Gasteiger partial charge in [0.25, 0.3) is 5.89 Å². The van der Waals surface area contributed by atoms with E-state index in [1.807, 2.05) is 24.3 Å². The first kappa shape index (κ1) is 14.1. The predicted molar refractivity (Wildman–Crippen MR) is 81.2 cm³/mol. The molecule has 1 aliphatic carbocycles. The molecular formula is C16H17N5O2. The summed E-state index contributed by atoms with van der Waals surface area (Å²) in [5.41, 5.74) is 0.931. The van der Waals surface area contributed by atoms with Gasteiger partial charge in [-0.05, 0) is 31.2 Å². The highest BCUT2D eigenvalue weighted by Crippen LogP contribution is 2.45. The van der Waals surface area contributed by atoms with Gasteiger partial charge in [0.1, 0.15) is 18.3 Å². The smallest absolute Gasteiger partial charge is 0.258 e. The van der Waals surface area contributed by atoms with E-state index < -0.39 is 5.60 Å². The summed E-state index contributed by atoms with van der Waals surface area (Å²) in [5.74, 6) is 1.01. The van der Waals surface area contributed by atoms with Crippen molar-refractivity contribution in [2.45, 2.75) is 31.9 Å². The summed E-state index contributed by atoms with van der Waals surface area (Å²) in [6.45, 7) is 2.40. The van der Waals surface area contributed by atoms with Crippen LogP contribution < -0.4 is 0 Å². The van der Waals surface area contributed by atoms with Crippen LogP contribution in [0.5, 0.6) is 0 Å². The molecule has 4 rings (SSSR count). The summed E-state index contributed by atoms with van der Waals surface area (Å²) in [6.07, 6.45) is 5.20. The van der Waals surface area contributed by atoms with Gasteiger partial charge in [-0.2, -0.15) is 10.1 Å². The summed E-state index contributed by atoms with van der Waals surface area (Å²) in [4.78, 5) is 8.29. The molecular weight excluding hydrogens is 294 g/mol. The molecule has 23 heavy (non-hydrogen) atoms. The third-order valence-corrected chi connectivity index (χ3v) is 4.25. The van der Waals surface area contributed by atoms with E-state index in [-0.39, 0.29) is 5.92 Å². The lowest BCUT2D eigenvalue weighted by molar-refractivity contribution is 0.000916. The largest absolute Gasteiger partial charge is 0.380 e. The van der Waals surface area contributed by atoms with Gasteiger partial charge in [-0.25, -0.2) is 9.67 Å². The van der Waals surface area contributed by atoms with Crippen LogP contribution in [0.3, 0.4) is 0 Å². The lowest BCUT2D eigenvalue weighted by Crippen LogP contribution is -2.24. The fourth-order valence-electron chi connectivity index (χ4n) is 2.63. The predicted octanol–water partition coefficient (Wildman–Crippen LogP) is 1.99. The second-order valence-corrected chi connectivity index (χ2v) is 6.13. The van der Waals surface area contributed by atoms with Crippen molar-refractivity contribution in [3.8, 4) is 11.4 Å². The Balaban J connectivity index is 1.53. The summed E-state index contributed by atoms with van der Waals surface area (Å²) >= 11 is 0. The summed E-state index contributed by atoms with van der Waals surface area (Å²) < 4.78 is 7.03. The number of nitrogens with zero attached hydrogens (tertiary/aromatic N) is 5. The van der Waals surface area contributed by atoms with Gasteiger partial charge in [-0.1, -0.05) is 29.4 Å². The maximum Gasteiger partial charge on any atom is 0.258 e. The Labute approximate surface area is 133 Å². The number of rotatable bonds is 5. The Hall–Kier alpha value is -2.54. The van der Waals surface area contributed by atoms with Crippen molar-refractivity contribution in [2.75, 3.05) is 0 Å². The number of aliphatic hydroxyl groups is 1. The number of hydrogen-bond acceptors (Lipinski definition) is 6. The molecule has 7 nitrogen and oxygen atoms in total. The monoisotopic (exact) mass is 311 g/mol. The Morgan fingerprint density at radius 2 is 2.09 bits per heavy atom. The Morgan fingerprint density at radius 1 is 1.30 bits per heavy atom. The van der Waals surface area contributed by atoms with Crippen LogP contribution in [0.15, 0.2) is 41.4 Å². The van der Waals surface area contributed by atoms with E-state index in [2.05, 4.69) is 20.2 Å². The van der Waals surface area contributed by atoms with E-state index in [4.69, 9.17) is 4.52 Å². The molecule has 1 fully saturated rings. The molecule has 0 radical (unpaired) electrons. The van der Waals surface area contributed by atoms with Crippen LogP contribution in [0.2, 0.25) is 0 Å². The minimum absolute atomic E-state index is 0.223. The number of hydrogen-bond donors (Lipinski definition) is 1. The maximum atomic E-state index is 10.5. The van der Waals surface area contributed by atoms with Gasteiger partial charge in [0.05, 0.1) is 6.54 Å². The quantitative estimate of drug-likeness (QED) is 0.775. The molecule has 0 spiro atoms. The van der Waals surface area contributed by atoms with Crippen LogP contribution in [0.25, 0.3) is 11.4 Å². The second-order valence-electron chi connectivity index (χ2n) is 6.13. The van der Waals surface area contributed by atoms with Crippen molar-refractivity contribution in [3.05, 3.63) is 48.4 Å². The summed E-state index contributed by atoms with van der Waals surface area (Å²) in [5, 5.41) is 18.5. The highest BCUT2D eigenvalue weighted by Gasteiger charge is 2.45. The standard InChI is InChI=1S/C16H17N5O2/c1-16(22,13-6-7-13)15-19-14(20-23-15)12-4-2-11(3-5-12)8-21-10-17-9-18-21/h2-5,9-10,13,22H,6-8H2,1H3. The third-order valence-electron chi connectivity index (χ3n) is 4.25. The van der Waals surface area contributed by atoms with Crippen LogP contribution in [0.4, 0.5) is 0 Å². The van der Waals surface area contributed by atoms with E-state index in [9.17, 15) is 5.11 Å². The van der Waals surface area contributed by atoms with Crippen LogP contribution in [-0.2, 0) is 12.1 Å². The van der Waals surface area contributed by atoms with Gasteiger partial charge < -0.3 is 9.63 Å². The molecule has 0 amide bonds. The molecule has 1 N–H and O–H groups in total. The lowest BCUT2D eigenvalue weighted by Gasteiger charge is -2.16. The van der Waals surface area contributed by atoms with E-state index in [1.165, 1.54) is 6.33 Å². The molecule has 0 aliphatic heterocycles. The molecule has 0 bridgehead atoms. The molecule has 1 saturated carbocycles. The first-order valence-electron chi connectivity index (χ1n) is 7.61. The van der Waals surface area contributed by atoms with Gasteiger partial charge in [0.2, 0.25) is 5.82 Å². The Morgan fingerprint density at radius 3 is 2.74 bits per heavy atom. The average Bonchev–Trinajstić information content (AvgIpc) is 3.08. The van der Waals surface area contributed by atoms with Gasteiger partial charge in [0.15, 0.2) is 0 Å². The first-order valence-corrected chi connectivity index (χ1v) is 7.61. The van der Waals surface area contributed by atoms with Crippen LogP contribution in [-0.4, -0.2) is 30.0 Å². The maximum absolute atomic E-state index is 10.5. The molecule has 1 aromatic carbocycles. The zero-order valence-electron chi connectivity index (χ0n) is 12.8. The van der Waals surface area contributed by atoms with Crippen molar-refractivity contribution in [3.63, 3.8) is 0 Å². The minimum Gasteiger partial charge on any atom is -0.380 e. The zero-order valence-corrected chi connectivity index (χ0v) is 12.8. The summed E-state index contributed by atoms with van der Waals surface area (Å²) in [7, 11) is 0. The topological polar surface area (TPSA) is 89.9 Å². The van der Waals surface area contributed by atoms with Gasteiger partial charge in [-0.15, -0.1) is 0 Å². The molecule has 1 unspecified atom stereocenters. The molecule has 1 atom stereocenters. The van der Waals surface area contributed by atoms with E-state index in [0.29, 0.717) is 18.3 Å². The van der Waals surface area contributed by atoms with E-state index in [0.717, 1.165) is 24.0 Å². The van der Waals surface area contributed by atoms with E-state index in [1.54, 1.807) is 17.9 Å². The average molecular weight is 311 g/mol. The van der Waals surface area contributed by atoms with Crippen molar-refractivity contribution >= 4 is 0 Å². The lowest BCUT2D eigenvalue weighted by atomic mass is 10.0. The van der Waals surface area contributed by atoms with Gasteiger partial charge in [-0.3, -0.25) is 0 Å². The highest BCUT2D eigenvalue weighted by molar-refractivity contribution is 5.54. The Kier molecular flexibility index (Phi) is 3.23. The zero-order chi connectivity index (χ0) is 15.9. The SMILES string of the molecule is CC(O)(c1nc(-c2ccc(Cn3cncn3)cc2)no1)C1CC1. The molecule has 118 valence electrons. The van der Waals surface area contributed by atoms with Crippen LogP contribution in [0.1, 0.15) is 31.2 Å². The second kappa shape index (κ2) is 5.27. The van der Waals surface area contributed by atoms with Crippen molar-refractivity contribution in [1.82, 2.24) is 24.9 Å². The number of aromatic nitrogens is 5. The van der Waals surface area contributed by atoms with Crippen molar-refractivity contribution in [2.24, 2.45) is 5.92 Å². The highest BCUT2D eigenvalue weighted by atomic mass is 16.5. The molecule has 2 aromatic heterocycles. The summed E-state index contributed by atoms with van der Waals surface area (Å²) in [6, 6.07) is 7.86. The number of benzene rings is 1. The molecule has 0 saturated heterocycles. The normalized spacial score (nSPS) is 17.1. The molecule has 3 aromatic rings. The molecule has 2 heterocycles. The molecule has 7 heteroatoms. The molecule has 1 aliphatic rings. The van der Waals surface area contributed by atoms with Gasteiger partial charge in [0, 0.05) is 5.56 Å². The van der Waals surface area contributed by atoms with Gasteiger partial charge >= 0.3 is 0 Å². The van der Waals surface area contributed by atoms with Crippen LogP contribution >= 0.6 is 0 Å². The third kappa shape index (κ3) is 2.75. The fraction of sp³-hybridized carbons (Fsp3) is 0.375. The Bertz CT molecular complexity index is 788. The van der Waals surface area contributed by atoms with Crippen molar-refractivity contribution < 1.29 is 9.63 Å².